The van der Waals surface area contributed by atoms with Crippen LogP contribution in [0, 0.1) is 69.2 Å². The van der Waals surface area contributed by atoms with Gasteiger partial charge in [-0.2, -0.15) is 28.2 Å². The average molecular weight is 570 g/mol. The molecule has 3 nitrogen and oxygen atoms in total. The van der Waals surface area contributed by atoms with Gasteiger partial charge in [-0.3, -0.25) is 0 Å². The third-order valence-electron chi connectivity index (χ3n) is 3.66. The fourth-order valence-corrected chi connectivity index (χ4v) is 7.03. The quantitative estimate of drug-likeness (QED) is 0.361. The maximum atomic E-state index is 5.13. The minimum absolute atomic E-state index is 0. The zero-order valence-corrected chi connectivity index (χ0v) is 23.5. The van der Waals surface area contributed by atoms with Crippen LogP contribution in [0.15, 0.2) is 0 Å². The van der Waals surface area contributed by atoms with Crippen molar-refractivity contribution in [2.45, 2.75) is 67.1 Å². The van der Waals surface area contributed by atoms with Crippen molar-refractivity contribution in [3.05, 3.63) is 44.8 Å². The summed E-state index contributed by atoms with van der Waals surface area (Å²) >= 11 is 0. The summed E-state index contributed by atoms with van der Waals surface area (Å²) in [5.74, 6) is 5.87. The van der Waals surface area contributed by atoms with E-state index in [1.165, 1.54) is 23.7 Å². The first-order valence-electron chi connectivity index (χ1n) is 8.24. The van der Waals surface area contributed by atoms with Crippen molar-refractivity contribution in [2.24, 2.45) is 0 Å². The van der Waals surface area contributed by atoms with Crippen LogP contribution in [-0.2, 0) is 0 Å². The molecule has 0 bridgehead atoms. The molecule has 0 aliphatic heterocycles. The zero-order valence-electron chi connectivity index (χ0n) is 18.3. The van der Waals surface area contributed by atoms with Gasteiger partial charge in [-0.1, -0.05) is 69.8 Å². The minimum atomic E-state index is -1.69. The molecule has 1 saturated carbocycles. The summed E-state index contributed by atoms with van der Waals surface area (Å²) in [4.78, 5) is 5.13. The summed E-state index contributed by atoms with van der Waals surface area (Å²) in [5, 5.41) is 7.00. The first-order valence-corrected chi connectivity index (χ1v) is 11.2. The van der Waals surface area contributed by atoms with Gasteiger partial charge in [0.05, 0.1) is 0 Å². The SMILES string of the molecule is C[C]1[C](C)[C](C)[C]([Si](C)(C)[N-]C(C)(C)C)[C]1C.C[N-]C.C[N-]C.[Th]. The fraction of sp³-hybridized carbons (Fsp3) is 0.737. The van der Waals surface area contributed by atoms with Crippen molar-refractivity contribution >= 4 is 8.24 Å². The predicted octanol–water partition coefficient (Wildman–Crippen LogP) is 6.11. The third-order valence-corrected chi connectivity index (χ3v) is 6.87. The first-order chi connectivity index (χ1) is 10.3. The second kappa shape index (κ2) is 13.6. The molecule has 1 fully saturated rings. The molecule has 5 radical (unpaired) electrons. The summed E-state index contributed by atoms with van der Waals surface area (Å²) in [6.07, 6.45) is 0. The van der Waals surface area contributed by atoms with Gasteiger partial charge in [-0.05, 0) is 29.2 Å². The average Bonchev–Trinajstić information content (AvgIpc) is 2.53. The Kier molecular flexibility index (Phi) is 17.1. The monoisotopic (exact) mass is 569 g/mol. The van der Waals surface area contributed by atoms with Crippen LogP contribution in [-0.4, -0.2) is 42.0 Å². The van der Waals surface area contributed by atoms with Crippen LogP contribution in [0.1, 0.15) is 48.5 Å². The van der Waals surface area contributed by atoms with Gasteiger partial charge in [0.1, 0.15) is 0 Å². The molecule has 0 heterocycles. The van der Waals surface area contributed by atoms with Gasteiger partial charge in [0.2, 0.25) is 0 Å². The van der Waals surface area contributed by atoms with E-state index in [-0.39, 0.29) is 45.5 Å². The molecule has 0 unspecified atom stereocenters. The van der Waals surface area contributed by atoms with E-state index in [1.54, 1.807) is 33.7 Å². The number of hydrogen-bond acceptors (Lipinski definition) is 0. The molecule has 0 atom stereocenters. The van der Waals surface area contributed by atoms with Crippen molar-refractivity contribution in [1.29, 1.82) is 0 Å². The molecule has 0 aromatic carbocycles. The molecule has 0 saturated heterocycles. The van der Waals surface area contributed by atoms with Crippen LogP contribution >= 0.6 is 0 Å². The summed E-state index contributed by atoms with van der Waals surface area (Å²) in [6, 6.07) is 0. The van der Waals surface area contributed by atoms with Crippen LogP contribution in [0.4, 0.5) is 0 Å². The maximum absolute atomic E-state index is 5.13. The van der Waals surface area contributed by atoms with Gasteiger partial charge in [-0.25, -0.2) is 0 Å². The van der Waals surface area contributed by atoms with E-state index in [9.17, 15) is 0 Å². The van der Waals surface area contributed by atoms with Crippen LogP contribution in [0.25, 0.3) is 15.6 Å². The fourth-order valence-electron chi connectivity index (χ4n) is 3.03. The topological polar surface area (TPSA) is 42.3 Å². The molecule has 0 amide bonds. The summed E-state index contributed by atoms with van der Waals surface area (Å²) < 4.78 is 0. The third kappa shape index (κ3) is 10.5. The number of rotatable bonds is 2. The van der Waals surface area contributed by atoms with Gasteiger partial charge in [0.25, 0.3) is 0 Å². The van der Waals surface area contributed by atoms with Crippen molar-refractivity contribution in [3.63, 3.8) is 0 Å². The standard InChI is InChI=1S/C15H27NSi.2C2H6N.Th/c1-10-11(2)13(4)14(12(10)3)17(8,9)16-15(5,6)7;2*1-3-2;/h1-9H3;2*1-2H3;/q3*-1;. The molecule has 5 heteroatoms. The number of hydrogen-bond donors (Lipinski definition) is 0. The Bertz CT molecular complexity index is 289. The maximum Gasteiger partial charge on any atom is 0 e. The Balaban J connectivity index is -0.000000550. The second-order valence-electron chi connectivity index (χ2n) is 7.61. The predicted molar refractivity (Wildman–Crippen MR) is 110 cm³/mol. The smallest absolute Gasteiger partial charge is 0 e. The van der Waals surface area contributed by atoms with Gasteiger partial charge >= 0.3 is 0 Å². The summed E-state index contributed by atoms with van der Waals surface area (Å²) in [6.45, 7) is 20.3. The molecule has 0 N–H and O–H groups in total. The molecule has 141 valence electrons. The molecule has 0 aromatic heterocycles. The van der Waals surface area contributed by atoms with Crippen LogP contribution in [0.5, 0.6) is 0 Å². The minimum Gasteiger partial charge on any atom is -0.668 e. The number of nitrogens with zero attached hydrogens (tertiary/aromatic N) is 3. The Labute approximate surface area is 187 Å². The Morgan fingerprint density at radius 2 is 0.917 bits per heavy atom. The molecular formula is C19H39N3SiTh-3. The molecule has 0 spiro atoms. The largest absolute Gasteiger partial charge is 0.668 e. The van der Waals surface area contributed by atoms with E-state index in [4.69, 9.17) is 4.98 Å². The van der Waals surface area contributed by atoms with Gasteiger partial charge < -0.3 is 15.6 Å². The van der Waals surface area contributed by atoms with E-state index >= 15 is 0 Å². The molecule has 24 heavy (non-hydrogen) atoms. The molecular weight excluding hydrogens is 530 g/mol. The van der Waals surface area contributed by atoms with Crippen molar-refractivity contribution in [1.82, 2.24) is 0 Å². The molecule has 0 aromatic rings. The van der Waals surface area contributed by atoms with Crippen LogP contribution in [0.3, 0.4) is 0 Å². The Morgan fingerprint density at radius 3 is 1.12 bits per heavy atom. The first kappa shape index (κ1) is 30.2. The molecule has 1 aliphatic rings. The van der Waals surface area contributed by atoms with Crippen molar-refractivity contribution in [2.75, 3.05) is 28.2 Å². The zero-order chi connectivity index (χ0) is 19.0. The van der Waals surface area contributed by atoms with Crippen molar-refractivity contribution < 1.29 is 39.9 Å². The van der Waals surface area contributed by atoms with Gasteiger partial charge in [0, 0.05) is 39.9 Å². The van der Waals surface area contributed by atoms with Crippen LogP contribution in [0.2, 0.25) is 13.1 Å². The summed E-state index contributed by atoms with van der Waals surface area (Å²) in [5.41, 5.74) is 1.62. The normalized spacial score (nSPS) is 18.4. The summed E-state index contributed by atoms with van der Waals surface area (Å²) in [7, 11) is 5.31. The van der Waals surface area contributed by atoms with Gasteiger partial charge in [0.15, 0.2) is 0 Å². The molecule has 1 aliphatic carbocycles. The van der Waals surface area contributed by atoms with Gasteiger partial charge in [-0.15, -0.1) is 5.54 Å². The van der Waals surface area contributed by atoms with Crippen molar-refractivity contribution in [3.8, 4) is 0 Å². The Morgan fingerprint density at radius 1 is 0.667 bits per heavy atom. The van der Waals surface area contributed by atoms with E-state index in [1.807, 2.05) is 0 Å². The van der Waals surface area contributed by atoms with E-state index < -0.39 is 8.24 Å². The second-order valence-corrected chi connectivity index (χ2v) is 11.5. The molecule has 1 rings (SSSR count). The van der Waals surface area contributed by atoms with E-state index in [0.29, 0.717) is 0 Å². The van der Waals surface area contributed by atoms with Crippen LogP contribution < -0.4 is 0 Å². The Hall–Kier alpha value is 1.42. The van der Waals surface area contributed by atoms with E-state index in [0.717, 1.165) is 0 Å². The van der Waals surface area contributed by atoms with E-state index in [2.05, 4.69) is 72.2 Å².